The first-order valence-electron chi connectivity index (χ1n) is 7.59. The Labute approximate surface area is 164 Å². The molecule has 0 saturated heterocycles. The van der Waals surface area contributed by atoms with Gasteiger partial charge in [-0.1, -0.05) is 11.6 Å². The summed E-state index contributed by atoms with van der Waals surface area (Å²) in [5.41, 5.74) is -1.36. The fraction of sp³-hybridized carbons (Fsp3) is 0.176. The van der Waals surface area contributed by atoms with E-state index in [1.165, 1.54) is 26.2 Å². The van der Waals surface area contributed by atoms with Gasteiger partial charge in [-0.25, -0.2) is 26.3 Å². The summed E-state index contributed by atoms with van der Waals surface area (Å²) in [6.45, 7) is 0. The summed E-state index contributed by atoms with van der Waals surface area (Å²) in [5, 5.41) is 2.05. The Bertz CT molecular complexity index is 1060. The number of methoxy groups -OCH3 is 1. The van der Waals surface area contributed by atoms with Crippen LogP contribution in [0.25, 0.3) is 0 Å². The van der Waals surface area contributed by atoms with E-state index in [0.717, 1.165) is 23.5 Å². The van der Waals surface area contributed by atoms with Crippen molar-refractivity contribution >= 4 is 39.2 Å². The van der Waals surface area contributed by atoms with Gasteiger partial charge in [-0.15, -0.1) is 0 Å². The molecule has 0 aliphatic carbocycles. The second kappa shape index (κ2) is 8.21. The molecule has 2 aromatic carbocycles. The topological polar surface area (TPSA) is 92.8 Å². The number of carbonyl (C=O) groups excluding carboxylic acids is 2. The highest BCUT2D eigenvalue weighted by molar-refractivity contribution is 7.89. The highest BCUT2D eigenvalue weighted by atomic mass is 35.5. The fourth-order valence-corrected chi connectivity index (χ4v) is 3.28. The van der Waals surface area contributed by atoms with Gasteiger partial charge in [-0.2, -0.15) is 0 Å². The summed E-state index contributed by atoms with van der Waals surface area (Å²) in [6, 6.07) is 4.62. The van der Waals surface area contributed by atoms with Crippen LogP contribution in [0.15, 0.2) is 35.2 Å². The normalized spacial score (nSPS) is 11.4. The van der Waals surface area contributed by atoms with Crippen LogP contribution in [0.3, 0.4) is 0 Å². The molecule has 28 heavy (non-hydrogen) atoms. The fourth-order valence-electron chi connectivity index (χ4n) is 2.15. The molecule has 2 aromatic rings. The lowest BCUT2D eigenvalue weighted by Gasteiger charge is -2.14. The minimum Gasteiger partial charge on any atom is -0.465 e. The minimum absolute atomic E-state index is 0.0917. The molecule has 0 radical (unpaired) electrons. The number of sulfonamides is 1. The van der Waals surface area contributed by atoms with Gasteiger partial charge in [-0.3, -0.25) is 4.79 Å². The standard InChI is InChI=1S/C17H15ClF2N2O5S/c1-22(2)28(25,26)9-4-5-12(18)10(6-9)16(23)21-15-7-11(17(24)27-3)13(19)8-14(15)20/h4-8H,1-3H3,(H,21,23). The number of anilines is 1. The molecule has 150 valence electrons. The zero-order chi connectivity index (χ0) is 21.2. The number of esters is 1. The molecule has 1 N–H and O–H groups in total. The van der Waals surface area contributed by atoms with Crippen molar-refractivity contribution in [3.8, 4) is 0 Å². The first-order chi connectivity index (χ1) is 13.0. The molecule has 11 heteroatoms. The van der Waals surface area contributed by atoms with Gasteiger partial charge in [0.25, 0.3) is 5.91 Å². The predicted octanol–water partition coefficient (Wildman–Crippen LogP) is 2.91. The largest absolute Gasteiger partial charge is 0.465 e. The van der Waals surface area contributed by atoms with Crippen LogP contribution in [0.5, 0.6) is 0 Å². The van der Waals surface area contributed by atoms with E-state index in [2.05, 4.69) is 10.1 Å². The van der Waals surface area contributed by atoms with Crippen LogP contribution < -0.4 is 5.32 Å². The molecule has 0 fully saturated rings. The Hall–Kier alpha value is -2.56. The maximum absolute atomic E-state index is 14.0. The van der Waals surface area contributed by atoms with E-state index in [1.807, 2.05) is 0 Å². The molecule has 0 aliphatic heterocycles. The van der Waals surface area contributed by atoms with Gasteiger partial charge in [0.1, 0.15) is 11.6 Å². The van der Waals surface area contributed by atoms with Crippen LogP contribution in [-0.2, 0) is 14.8 Å². The third-order valence-corrected chi connectivity index (χ3v) is 5.81. The summed E-state index contributed by atoms with van der Waals surface area (Å²) in [5.74, 6) is -4.33. The van der Waals surface area contributed by atoms with Gasteiger partial charge in [0.15, 0.2) is 0 Å². The number of hydrogen-bond donors (Lipinski definition) is 1. The molecule has 0 saturated carbocycles. The van der Waals surface area contributed by atoms with Gasteiger partial charge in [0, 0.05) is 20.2 Å². The van der Waals surface area contributed by atoms with E-state index in [-0.39, 0.29) is 15.5 Å². The molecule has 0 heterocycles. The van der Waals surface area contributed by atoms with Crippen molar-refractivity contribution in [1.29, 1.82) is 0 Å². The Morgan fingerprint density at radius 2 is 1.71 bits per heavy atom. The zero-order valence-electron chi connectivity index (χ0n) is 14.9. The molecular formula is C17H15ClF2N2O5S. The van der Waals surface area contributed by atoms with E-state index in [0.29, 0.717) is 6.07 Å². The number of amides is 1. The van der Waals surface area contributed by atoms with Crippen LogP contribution in [0.2, 0.25) is 5.02 Å². The summed E-state index contributed by atoms with van der Waals surface area (Å²) in [4.78, 5) is 23.8. The van der Waals surface area contributed by atoms with Crippen molar-refractivity contribution in [3.63, 3.8) is 0 Å². The van der Waals surface area contributed by atoms with Gasteiger partial charge >= 0.3 is 5.97 Å². The Kier molecular flexibility index (Phi) is 6.37. The second-order valence-corrected chi connectivity index (χ2v) is 8.25. The van der Waals surface area contributed by atoms with Crippen LogP contribution >= 0.6 is 11.6 Å². The lowest BCUT2D eigenvalue weighted by molar-refractivity contribution is 0.0595. The molecule has 0 atom stereocenters. The number of carbonyl (C=O) groups is 2. The van der Waals surface area contributed by atoms with Gasteiger partial charge in [0.2, 0.25) is 10.0 Å². The molecule has 0 bridgehead atoms. The van der Waals surface area contributed by atoms with Crippen molar-refractivity contribution in [2.75, 3.05) is 26.5 Å². The first kappa shape index (κ1) is 21.7. The van der Waals surface area contributed by atoms with Crippen LogP contribution in [0, 0.1) is 11.6 Å². The Morgan fingerprint density at radius 3 is 2.29 bits per heavy atom. The van der Waals surface area contributed by atoms with Gasteiger partial charge in [-0.05, 0) is 24.3 Å². The highest BCUT2D eigenvalue weighted by Crippen LogP contribution is 2.25. The van der Waals surface area contributed by atoms with Gasteiger partial charge in [0.05, 0.1) is 33.8 Å². The van der Waals surface area contributed by atoms with Crippen molar-refractivity contribution < 1.29 is 31.5 Å². The monoisotopic (exact) mass is 432 g/mol. The SMILES string of the molecule is COC(=O)c1cc(NC(=O)c2cc(S(=O)(=O)N(C)C)ccc2Cl)c(F)cc1F. The average molecular weight is 433 g/mol. The summed E-state index contributed by atoms with van der Waals surface area (Å²) in [6.07, 6.45) is 0. The maximum atomic E-state index is 14.0. The first-order valence-corrected chi connectivity index (χ1v) is 9.41. The van der Waals surface area contributed by atoms with Crippen LogP contribution in [0.4, 0.5) is 14.5 Å². The van der Waals surface area contributed by atoms with E-state index >= 15 is 0 Å². The Balaban J connectivity index is 2.45. The van der Waals surface area contributed by atoms with Gasteiger partial charge < -0.3 is 10.1 Å². The van der Waals surface area contributed by atoms with Crippen molar-refractivity contribution in [2.45, 2.75) is 4.90 Å². The molecule has 0 aromatic heterocycles. The molecule has 1 amide bonds. The number of halogens is 3. The highest BCUT2D eigenvalue weighted by Gasteiger charge is 2.22. The van der Waals surface area contributed by atoms with Crippen molar-refractivity contribution in [1.82, 2.24) is 4.31 Å². The minimum atomic E-state index is -3.85. The lowest BCUT2D eigenvalue weighted by Crippen LogP contribution is -2.23. The zero-order valence-corrected chi connectivity index (χ0v) is 16.5. The summed E-state index contributed by atoms with van der Waals surface area (Å²) in [7, 11) is -0.211. The van der Waals surface area contributed by atoms with E-state index in [4.69, 9.17) is 11.6 Å². The molecule has 0 spiro atoms. The number of nitrogens with one attached hydrogen (secondary N) is 1. The number of ether oxygens (including phenoxy) is 1. The predicted molar refractivity (Wildman–Crippen MR) is 98.0 cm³/mol. The average Bonchev–Trinajstić information content (AvgIpc) is 2.63. The van der Waals surface area contributed by atoms with Crippen LogP contribution in [-0.4, -0.2) is 45.8 Å². The van der Waals surface area contributed by atoms with Crippen molar-refractivity contribution in [2.24, 2.45) is 0 Å². The van der Waals surface area contributed by atoms with E-state index in [9.17, 15) is 26.8 Å². The van der Waals surface area contributed by atoms with E-state index < -0.39 is 44.8 Å². The van der Waals surface area contributed by atoms with Crippen LogP contribution in [0.1, 0.15) is 20.7 Å². The second-order valence-electron chi connectivity index (χ2n) is 5.69. The molecule has 0 unspecified atom stereocenters. The maximum Gasteiger partial charge on any atom is 0.340 e. The number of hydrogen-bond acceptors (Lipinski definition) is 5. The third-order valence-electron chi connectivity index (χ3n) is 3.67. The summed E-state index contributed by atoms with van der Waals surface area (Å²) >= 11 is 5.96. The molecule has 7 nitrogen and oxygen atoms in total. The smallest absolute Gasteiger partial charge is 0.340 e. The van der Waals surface area contributed by atoms with Crippen molar-refractivity contribution in [3.05, 3.63) is 58.1 Å². The third kappa shape index (κ3) is 4.29. The quantitative estimate of drug-likeness (QED) is 0.733. The Morgan fingerprint density at radius 1 is 1.07 bits per heavy atom. The molecule has 2 rings (SSSR count). The van der Waals surface area contributed by atoms with E-state index in [1.54, 1.807) is 0 Å². The number of nitrogens with zero attached hydrogens (tertiary/aromatic N) is 1. The molecular weight excluding hydrogens is 418 g/mol. The summed E-state index contributed by atoms with van der Waals surface area (Å²) < 4.78 is 57.5. The number of rotatable bonds is 5. The molecule has 0 aliphatic rings. The number of benzene rings is 2. The lowest BCUT2D eigenvalue weighted by atomic mass is 10.1.